The second-order valence-corrected chi connectivity index (χ2v) is 3.11. The third kappa shape index (κ3) is 5.60. The zero-order chi connectivity index (χ0) is 11.6. The molecule has 0 radical (unpaired) electrons. The Morgan fingerprint density at radius 2 is 1.75 bits per heavy atom. The molecule has 0 atom stereocenters. The van der Waals surface area contributed by atoms with Crippen LogP contribution in [0.2, 0.25) is 0 Å². The second kappa shape index (κ2) is 7.23. The van der Waals surface area contributed by atoms with Crippen molar-refractivity contribution in [1.82, 2.24) is 0 Å². The van der Waals surface area contributed by atoms with Gasteiger partial charge in [0.05, 0.1) is 6.26 Å². The van der Waals surface area contributed by atoms with E-state index in [-0.39, 0.29) is 5.78 Å². The summed E-state index contributed by atoms with van der Waals surface area (Å²) in [4.78, 5) is 10.6. The highest BCUT2D eigenvalue weighted by atomic mass is 16.5. The zero-order valence-corrected chi connectivity index (χ0v) is 9.17. The molecule has 0 fully saturated rings. The molecule has 1 aromatic rings. The van der Waals surface area contributed by atoms with Gasteiger partial charge in [-0.1, -0.05) is 36.4 Å². The summed E-state index contributed by atoms with van der Waals surface area (Å²) in [6.45, 7) is 1.51. The van der Waals surface area contributed by atoms with E-state index in [1.165, 1.54) is 13.0 Å². The van der Waals surface area contributed by atoms with Gasteiger partial charge in [-0.25, -0.2) is 0 Å². The Hall–Kier alpha value is -2.09. The minimum Gasteiger partial charge on any atom is -0.465 e. The smallest absolute Gasteiger partial charge is 0.152 e. The number of rotatable bonds is 5. The summed E-state index contributed by atoms with van der Waals surface area (Å²) in [7, 11) is 0. The van der Waals surface area contributed by atoms with Crippen molar-refractivity contribution in [2.45, 2.75) is 6.92 Å². The van der Waals surface area contributed by atoms with Crippen molar-refractivity contribution in [2.24, 2.45) is 0 Å². The Balaban J connectivity index is 2.31. The van der Waals surface area contributed by atoms with Crippen LogP contribution in [0.25, 0.3) is 0 Å². The molecule has 0 aliphatic heterocycles. The van der Waals surface area contributed by atoms with E-state index in [9.17, 15) is 4.79 Å². The van der Waals surface area contributed by atoms with Crippen LogP contribution in [0.5, 0.6) is 5.75 Å². The first-order valence-electron chi connectivity index (χ1n) is 5.01. The highest BCUT2D eigenvalue weighted by molar-refractivity contribution is 5.87. The number of allylic oxidation sites excluding steroid dienone is 5. The molecule has 1 rings (SSSR count). The molecule has 0 spiro atoms. The molecule has 0 bridgehead atoms. The van der Waals surface area contributed by atoms with E-state index in [1.807, 2.05) is 30.3 Å². The molecule has 0 amide bonds. The van der Waals surface area contributed by atoms with Gasteiger partial charge in [-0.3, -0.25) is 4.79 Å². The summed E-state index contributed by atoms with van der Waals surface area (Å²) in [5, 5.41) is 0. The first kappa shape index (κ1) is 12.0. The van der Waals surface area contributed by atoms with Crippen molar-refractivity contribution >= 4 is 5.78 Å². The molecule has 0 N–H and O–H groups in total. The van der Waals surface area contributed by atoms with Crippen LogP contribution in [0.15, 0.2) is 67.0 Å². The summed E-state index contributed by atoms with van der Waals surface area (Å²) >= 11 is 0. The van der Waals surface area contributed by atoms with Crippen molar-refractivity contribution < 1.29 is 9.53 Å². The maximum absolute atomic E-state index is 10.6. The molecule has 0 aliphatic rings. The van der Waals surface area contributed by atoms with E-state index in [4.69, 9.17) is 4.74 Å². The largest absolute Gasteiger partial charge is 0.465 e. The molecule has 0 aromatic heterocycles. The lowest BCUT2D eigenvalue weighted by Gasteiger charge is -1.96. The van der Waals surface area contributed by atoms with Crippen molar-refractivity contribution in [2.75, 3.05) is 0 Å². The molecule has 0 aliphatic carbocycles. The van der Waals surface area contributed by atoms with Crippen LogP contribution in [-0.4, -0.2) is 5.78 Å². The van der Waals surface area contributed by atoms with Crippen molar-refractivity contribution in [1.29, 1.82) is 0 Å². The highest BCUT2D eigenvalue weighted by Crippen LogP contribution is 2.08. The van der Waals surface area contributed by atoms with Gasteiger partial charge in [0, 0.05) is 0 Å². The van der Waals surface area contributed by atoms with Gasteiger partial charge in [0.25, 0.3) is 0 Å². The van der Waals surface area contributed by atoms with E-state index >= 15 is 0 Å². The number of carbonyl (C=O) groups is 1. The van der Waals surface area contributed by atoms with Gasteiger partial charge in [-0.2, -0.15) is 0 Å². The maximum atomic E-state index is 10.6. The number of carbonyl (C=O) groups excluding carboxylic acids is 1. The molecule has 0 heterocycles. The standard InChI is InChI=1S/C14H14O2/c1-13(15)9-5-2-3-8-12-16-14-10-6-4-7-11-14/h2-12H,1H3/b3-2+,9-5+,12-8+. The van der Waals surface area contributed by atoms with Crippen LogP contribution in [0.3, 0.4) is 0 Å². The zero-order valence-electron chi connectivity index (χ0n) is 9.17. The Morgan fingerprint density at radius 3 is 2.44 bits per heavy atom. The van der Waals surface area contributed by atoms with E-state index < -0.39 is 0 Å². The Labute approximate surface area is 95.6 Å². The molecule has 1 aromatic carbocycles. The predicted molar refractivity (Wildman–Crippen MR) is 65.2 cm³/mol. The van der Waals surface area contributed by atoms with E-state index in [2.05, 4.69) is 0 Å². The normalized spacial score (nSPS) is 11.6. The molecule has 0 saturated heterocycles. The molecule has 2 nitrogen and oxygen atoms in total. The van der Waals surface area contributed by atoms with E-state index in [0.717, 1.165) is 5.75 Å². The van der Waals surface area contributed by atoms with Gasteiger partial charge in [-0.05, 0) is 31.2 Å². The van der Waals surface area contributed by atoms with Crippen LogP contribution < -0.4 is 4.74 Å². The lowest BCUT2D eigenvalue weighted by Crippen LogP contribution is -1.79. The summed E-state index contributed by atoms with van der Waals surface area (Å²) in [6.07, 6.45) is 10.1. The molecule has 16 heavy (non-hydrogen) atoms. The monoisotopic (exact) mass is 214 g/mol. The molecule has 0 unspecified atom stereocenters. The number of ether oxygens (including phenoxy) is 1. The van der Waals surface area contributed by atoms with Gasteiger partial charge in [0.1, 0.15) is 5.75 Å². The quantitative estimate of drug-likeness (QED) is 0.427. The average Bonchev–Trinajstić information content (AvgIpc) is 2.29. The van der Waals surface area contributed by atoms with Crippen LogP contribution in [0.1, 0.15) is 6.92 Å². The van der Waals surface area contributed by atoms with Crippen molar-refractivity contribution in [3.63, 3.8) is 0 Å². The van der Waals surface area contributed by atoms with Crippen LogP contribution in [0, 0.1) is 0 Å². The molecule has 0 saturated carbocycles. The number of benzene rings is 1. The fourth-order valence-corrected chi connectivity index (χ4v) is 0.982. The Morgan fingerprint density at radius 1 is 1.06 bits per heavy atom. The first-order valence-corrected chi connectivity index (χ1v) is 5.01. The van der Waals surface area contributed by atoms with Crippen molar-refractivity contribution in [3.05, 3.63) is 67.0 Å². The lowest BCUT2D eigenvalue weighted by atomic mass is 10.3. The number of ketones is 1. The molecular formula is C14H14O2. The van der Waals surface area contributed by atoms with Crippen molar-refractivity contribution in [3.8, 4) is 5.75 Å². The number of hydrogen-bond acceptors (Lipinski definition) is 2. The fraction of sp³-hybridized carbons (Fsp3) is 0.0714. The molecule has 82 valence electrons. The summed E-state index contributed by atoms with van der Waals surface area (Å²) in [5.74, 6) is 0.834. The first-order chi connectivity index (χ1) is 7.79. The van der Waals surface area contributed by atoms with Gasteiger partial charge >= 0.3 is 0 Å². The van der Waals surface area contributed by atoms with Crippen LogP contribution >= 0.6 is 0 Å². The summed E-state index contributed by atoms with van der Waals surface area (Å²) in [6, 6.07) is 9.51. The predicted octanol–water partition coefficient (Wildman–Crippen LogP) is 3.28. The van der Waals surface area contributed by atoms with Gasteiger partial charge < -0.3 is 4.74 Å². The second-order valence-electron chi connectivity index (χ2n) is 3.11. The van der Waals surface area contributed by atoms with E-state index in [1.54, 1.807) is 30.6 Å². The third-order valence-corrected chi connectivity index (χ3v) is 1.69. The minimum absolute atomic E-state index is 0.0363. The Bertz CT molecular complexity index is 400. The topological polar surface area (TPSA) is 26.3 Å². The van der Waals surface area contributed by atoms with E-state index in [0.29, 0.717) is 0 Å². The Kier molecular flexibility index (Phi) is 5.42. The van der Waals surface area contributed by atoms with Crippen LogP contribution in [0.4, 0.5) is 0 Å². The number of para-hydroxylation sites is 1. The lowest BCUT2D eigenvalue weighted by molar-refractivity contribution is -0.112. The molecule has 2 heteroatoms. The maximum Gasteiger partial charge on any atom is 0.152 e. The van der Waals surface area contributed by atoms with Gasteiger partial charge in [-0.15, -0.1) is 0 Å². The molecular weight excluding hydrogens is 200 g/mol. The summed E-state index contributed by atoms with van der Waals surface area (Å²) < 4.78 is 5.31. The minimum atomic E-state index is 0.0363. The van der Waals surface area contributed by atoms with Crippen LogP contribution in [-0.2, 0) is 4.79 Å². The third-order valence-electron chi connectivity index (χ3n) is 1.69. The van der Waals surface area contributed by atoms with Gasteiger partial charge in [0.2, 0.25) is 0 Å². The summed E-state index contributed by atoms with van der Waals surface area (Å²) in [5.41, 5.74) is 0. The average molecular weight is 214 g/mol. The SMILES string of the molecule is CC(=O)/C=C/C=C/C=C/Oc1ccccc1. The fourth-order valence-electron chi connectivity index (χ4n) is 0.982. The highest BCUT2D eigenvalue weighted by Gasteiger charge is 1.83. The number of hydrogen-bond donors (Lipinski definition) is 0. The van der Waals surface area contributed by atoms with Gasteiger partial charge in [0.15, 0.2) is 5.78 Å².